The zero-order chi connectivity index (χ0) is 14.9. The van der Waals surface area contributed by atoms with Crippen LogP contribution < -0.4 is 5.32 Å². The molecule has 0 bridgehead atoms. The molecule has 4 nitrogen and oxygen atoms in total. The van der Waals surface area contributed by atoms with Crippen molar-refractivity contribution in [3.8, 4) is 0 Å². The van der Waals surface area contributed by atoms with Gasteiger partial charge in [-0.2, -0.15) is 4.31 Å². The minimum Gasteiger partial charge on any atom is -0.311 e. The quantitative estimate of drug-likeness (QED) is 0.873. The minimum atomic E-state index is -3.40. The molecule has 1 N–H and O–H groups in total. The number of rotatable bonds is 4. The Morgan fingerprint density at radius 2 is 2.15 bits per heavy atom. The van der Waals surface area contributed by atoms with Gasteiger partial charge in [-0.05, 0) is 41.8 Å². The molecular formula is C13H21BrN2O2S2. The largest absolute Gasteiger partial charge is 0.311 e. The Morgan fingerprint density at radius 1 is 1.45 bits per heavy atom. The van der Waals surface area contributed by atoms with Crippen LogP contribution in [-0.4, -0.2) is 37.9 Å². The molecule has 2 rings (SSSR count). The maximum absolute atomic E-state index is 12.9. The van der Waals surface area contributed by atoms with Crippen LogP contribution in [0.1, 0.15) is 31.6 Å². The monoisotopic (exact) mass is 380 g/mol. The van der Waals surface area contributed by atoms with Crippen LogP contribution in [-0.2, 0) is 10.0 Å². The summed E-state index contributed by atoms with van der Waals surface area (Å²) in [5, 5.41) is 3.43. The van der Waals surface area contributed by atoms with Crippen LogP contribution in [0.2, 0.25) is 0 Å². The standard InChI is InChI=1S/C13H21BrN2O2S2/c1-4-10-8-16(11(5-2)7-15-10)20(17,18)12-6-13(14)19-9(12)3/h6,10-11,15H,4-5,7-8H2,1-3H3. The number of hydrogen-bond acceptors (Lipinski definition) is 4. The summed E-state index contributed by atoms with van der Waals surface area (Å²) in [4.78, 5) is 1.29. The second kappa shape index (κ2) is 6.44. The van der Waals surface area contributed by atoms with E-state index in [-0.39, 0.29) is 12.1 Å². The van der Waals surface area contributed by atoms with Crippen molar-refractivity contribution in [2.24, 2.45) is 0 Å². The average molecular weight is 381 g/mol. The van der Waals surface area contributed by atoms with E-state index in [9.17, 15) is 8.42 Å². The summed E-state index contributed by atoms with van der Waals surface area (Å²) >= 11 is 4.85. The Bertz CT molecular complexity index is 571. The molecule has 0 saturated carbocycles. The number of aryl methyl sites for hydroxylation is 1. The van der Waals surface area contributed by atoms with Crippen LogP contribution in [0.5, 0.6) is 0 Å². The molecule has 20 heavy (non-hydrogen) atoms. The van der Waals surface area contributed by atoms with Gasteiger partial charge in [0.25, 0.3) is 0 Å². The second-order valence-electron chi connectivity index (χ2n) is 5.12. The highest BCUT2D eigenvalue weighted by Gasteiger charge is 2.36. The summed E-state index contributed by atoms with van der Waals surface area (Å²) in [6, 6.07) is 2.02. The topological polar surface area (TPSA) is 49.4 Å². The first-order valence-electron chi connectivity index (χ1n) is 6.91. The van der Waals surface area contributed by atoms with Crippen LogP contribution in [0.25, 0.3) is 0 Å². The van der Waals surface area contributed by atoms with Crippen LogP contribution in [0.4, 0.5) is 0 Å². The van der Waals surface area contributed by atoms with Crippen molar-refractivity contribution in [2.75, 3.05) is 13.1 Å². The number of piperazine rings is 1. The number of halogens is 1. The van der Waals surface area contributed by atoms with E-state index in [1.165, 1.54) is 11.3 Å². The van der Waals surface area contributed by atoms with Crippen molar-refractivity contribution in [1.82, 2.24) is 9.62 Å². The van der Waals surface area contributed by atoms with E-state index in [4.69, 9.17) is 0 Å². The van der Waals surface area contributed by atoms with E-state index in [2.05, 4.69) is 28.2 Å². The van der Waals surface area contributed by atoms with Gasteiger partial charge < -0.3 is 5.32 Å². The third-order valence-electron chi connectivity index (χ3n) is 3.84. The second-order valence-corrected chi connectivity index (χ2v) is 9.62. The average Bonchev–Trinajstić information content (AvgIpc) is 2.77. The van der Waals surface area contributed by atoms with Crippen LogP contribution >= 0.6 is 27.3 Å². The van der Waals surface area contributed by atoms with E-state index in [1.54, 1.807) is 10.4 Å². The fraction of sp³-hybridized carbons (Fsp3) is 0.692. The van der Waals surface area contributed by atoms with E-state index in [1.807, 2.05) is 13.8 Å². The Balaban J connectivity index is 2.37. The zero-order valence-corrected chi connectivity index (χ0v) is 15.2. The van der Waals surface area contributed by atoms with Crippen molar-refractivity contribution >= 4 is 37.3 Å². The number of sulfonamides is 1. The third-order valence-corrected chi connectivity index (χ3v) is 7.57. The Kier molecular flexibility index (Phi) is 5.29. The lowest BCUT2D eigenvalue weighted by atomic mass is 10.1. The highest BCUT2D eigenvalue weighted by molar-refractivity contribution is 9.11. The maximum atomic E-state index is 12.9. The molecule has 1 fully saturated rings. The van der Waals surface area contributed by atoms with Gasteiger partial charge in [0.15, 0.2) is 0 Å². The summed E-state index contributed by atoms with van der Waals surface area (Å²) in [7, 11) is -3.40. The normalized spacial score (nSPS) is 25.0. The molecule has 0 aliphatic carbocycles. The van der Waals surface area contributed by atoms with Gasteiger partial charge in [0.1, 0.15) is 0 Å². The summed E-state index contributed by atoms with van der Waals surface area (Å²) in [6.45, 7) is 7.28. The Labute approximate surface area is 133 Å². The molecule has 0 spiro atoms. The SMILES string of the molecule is CCC1CN(S(=O)(=O)c2cc(Br)sc2C)C(CC)CN1. The summed E-state index contributed by atoms with van der Waals surface area (Å²) in [5.41, 5.74) is 0. The predicted molar refractivity (Wildman–Crippen MR) is 86.8 cm³/mol. The van der Waals surface area contributed by atoms with Gasteiger partial charge in [-0.25, -0.2) is 8.42 Å². The highest BCUT2D eigenvalue weighted by atomic mass is 79.9. The van der Waals surface area contributed by atoms with Gasteiger partial charge >= 0.3 is 0 Å². The lowest BCUT2D eigenvalue weighted by molar-refractivity contribution is 0.215. The molecule has 2 unspecified atom stereocenters. The molecule has 1 saturated heterocycles. The maximum Gasteiger partial charge on any atom is 0.244 e. The van der Waals surface area contributed by atoms with Crippen molar-refractivity contribution in [2.45, 2.75) is 50.6 Å². The number of nitrogens with zero attached hydrogens (tertiary/aromatic N) is 1. The highest BCUT2D eigenvalue weighted by Crippen LogP contribution is 2.33. The first kappa shape index (κ1) is 16.4. The fourth-order valence-electron chi connectivity index (χ4n) is 2.56. The molecular weight excluding hydrogens is 360 g/mol. The first-order valence-corrected chi connectivity index (χ1v) is 9.96. The van der Waals surface area contributed by atoms with Gasteiger partial charge in [-0.15, -0.1) is 11.3 Å². The lowest BCUT2D eigenvalue weighted by Gasteiger charge is -2.38. The molecule has 1 aromatic heterocycles. The van der Waals surface area contributed by atoms with Crippen molar-refractivity contribution in [3.63, 3.8) is 0 Å². The van der Waals surface area contributed by atoms with Crippen LogP contribution in [0.3, 0.4) is 0 Å². The van der Waals surface area contributed by atoms with E-state index in [0.29, 0.717) is 11.4 Å². The number of hydrogen-bond donors (Lipinski definition) is 1. The Morgan fingerprint density at radius 3 is 2.65 bits per heavy atom. The van der Waals surface area contributed by atoms with Crippen molar-refractivity contribution in [3.05, 3.63) is 14.7 Å². The van der Waals surface area contributed by atoms with Gasteiger partial charge in [0.05, 0.1) is 8.68 Å². The first-order chi connectivity index (χ1) is 9.40. The molecule has 0 aromatic carbocycles. The number of nitrogens with one attached hydrogen (secondary N) is 1. The molecule has 1 aliphatic rings. The van der Waals surface area contributed by atoms with Crippen LogP contribution in [0.15, 0.2) is 14.7 Å². The fourth-order valence-corrected chi connectivity index (χ4v) is 6.69. The van der Waals surface area contributed by atoms with E-state index >= 15 is 0 Å². The van der Waals surface area contributed by atoms with Crippen molar-refractivity contribution < 1.29 is 8.42 Å². The molecule has 7 heteroatoms. The van der Waals surface area contributed by atoms with Crippen LogP contribution in [0, 0.1) is 6.92 Å². The van der Waals surface area contributed by atoms with Crippen molar-refractivity contribution in [1.29, 1.82) is 0 Å². The molecule has 2 heterocycles. The minimum absolute atomic E-state index is 0.0425. The predicted octanol–water partition coefficient (Wildman–Crippen LogP) is 2.97. The van der Waals surface area contributed by atoms with E-state index in [0.717, 1.165) is 28.0 Å². The molecule has 0 amide bonds. The number of thiophene rings is 1. The molecule has 0 radical (unpaired) electrons. The van der Waals surface area contributed by atoms with Gasteiger partial charge in [0, 0.05) is 30.1 Å². The zero-order valence-electron chi connectivity index (χ0n) is 12.0. The summed E-state index contributed by atoms with van der Waals surface area (Å²) < 4.78 is 28.4. The van der Waals surface area contributed by atoms with Gasteiger partial charge in [-0.1, -0.05) is 13.8 Å². The van der Waals surface area contributed by atoms with E-state index < -0.39 is 10.0 Å². The molecule has 1 aliphatic heterocycles. The summed E-state index contributed by atoms with van der Waals surface area (Å²) in [6.07, 6.45) is 1.77. The van der Waals surface area contributed by atoms with Gasteiger partial charge in [-0.3, -0.25) is 0 Å². The lowest BCUT2D eigenvalue weighted by Crippen LogP contribution is -2.57. The van der Waals surface area contributed by atoms with Gasteiger partial charge in [0.2, 0.25) is 10.0 Å². The third kappa shape index (κ3) is 3.11. The molecule has 2 atom stereocenters. The molecule has 1 aromatic rings. The Hall–Kier alpha value is 0.0500. The summed E-state index contributed by atoms with van der Waals surface area (Å²) in [5.74, 6) is 0. The molecule has 114 valence electrons. The smallest absolute Gasteiger partial charge is 0.244 e.